The SMILES string of the molecule is O=[N+]([O-])c1ncn(Cc2cc3ccccc3nc2Cl)n1. The van der Waals surface area contributed by atoms with Crippen LogP contribution in [0.5, 0.6) is 0 Å². The summed E-state index contributed by atoms with van der Waals surface area (Å²) in [6.07, 6.45) is 1.30. The van der Waals surface area contributed by atoms with Crippen molar-refractivity contribution in [3.8, 4) is 0 Å². The van der Waals surface area contributed by atoms with Crippen LogP contribution in [0.4, 0.5) is 5.95 Å². The molecule has 0 saturated heterocycles. The summed E-state index contributed by atoms with van der Waals surface area (Å²) >= 11 is 6.12. The van der Waals surface area contributed by atoms with Crippen molar-refractivity contribution in [1.29, 1.82) is 0 Å². The van der Waals surface area contributed by atoms with E-state index < -0.39 is 10.9 Å². The second-order valence-electron chi connectivity index (χ2n) is 4.13. The predicted molar refractivity (Wildman–Crippen MR) is 72.5 cm³/mol. The minimum Gasteiger partial charge on any atom is -0.390 e. The van der Waals surface area contributed by atoms with E-state index in [9.17, 15) is 10.1 Å². The van der Waals surface area contributed by atoms with Crippen LogP contribution in [0.25, 0.3) is 10.9 Å². The molecule has 0 radical (unpaired) electrons. The molecule has 8 heteroatoms. The monoisotopic (exact) mass is 289 g/mol. The second kappa shape index (κ2) is 4.86. The van der Waals surface area contributed by atoms with E-state index in [0.29, 0.717) is 5.15 Å². The summed E-state index contributed by atoms with van der Waals surface area (Å²) in [7, 11) is 0. The van der Waals surface area contributed by atoms with Crippen molar-refractivity contribution in [2.45, 2.75) is 6.54 Å². The van der Waals surface area contributed by atoms with Gasteiger partial charge in [-0.15, -0.1) is 0 Å². The van der Waals surface area contributed by atoms with Crippen LogP contribution in [0.15, 0.2) is 36.7 Å². The van der Waals surface area contributed by atoms with Crippen LogP contribution < -0.4 is 0 Å². The normalized spacial score (nSPS) is 10.8. The van der Waals surface area contributed by atoms with Crippen molar-refractivity contribution in [2.24, 2.45) is 0 Å². The average Bonchev–Trinajstić information content (AvgIpc) is 2.88. The molecule has 0 aliphatic carbocycles. The number of fused-ring (bicyclic) bond motifs is 1. The summed E-state index contributed by atoms with van der Waals surface area (Å²) in [5, 5.41) is 15.6. The van der Waals surface area contributed by atoms with Crippen molar-refractivity contribution < 1.29 is 4.92 Å². The molecular weight excluding hydrogens is 282 g/mol. The number of benzene rings is 1. The first-order chi connectivity index (χ1) is 9.63. The van der Waals surface area contributed by atoms with E-state index >= 15 is 0 Å². The first-order valence-electron chi connectivity index (χ1n) is 5.71. The third kappa shape index (κ3) is 2.30. The summed E-state index contributed by atoms with van der Waals surface area (Å²) in [5.74, 6) is -0.435. The zero-order valence-corrected chi connectivity index (χ0v) is 10.9. The molecule has 0 saturated carbocycles. The molecule has 3 aromatic rings. The standard InChI is InChI=1S/C12H8ClN5O2/c13-11-9(5-8-3-1-2-4-10(8)15-11)6-17-7-14-12(16-17)18(19)20/h1-5,7H,6H2. The molecule has 100 valence electrons. The quantitative estimate of drug-likeness (QED) is 0.420. The van der Waals surface area contributed by atoms with E-state index in [4.69, 9.17) is 11.6 Å². The molecule has 0 spiro atoms. The van der Waals surface area contributed by atoms with Crippen molar-refractivity contribution in [3.63, 3.8) is 0 Å². The van der Waals surface area contributed by atoms with Gasteiger partial charge in [0.2, 0.25) is 6.33 Å². The molecule has 2 aromatic heterocycles. The van der Waals surface area contributed by atoms with Gasteiger partial charge in [0.1, 0.15) is 5.15 Å². The molecule has 2 heterocycles. The van der Waals surface area contributed by atoms with Crippen molar-refractivity contribution in [2.75, 3.05) is 0 Å². The van der Waals surface area contributed by atoms with Gasteiger partial charge in [0.15, 0.2) is 0 Å². The lowest BCUT2D eigenvalue weighted by Crippen LogP contribution is -2.03. The van der Waals surface area contributed by atoms with Crippen LogP contribution in [-0.4, -0.2) is 24.7 Å². The summed E-state index contributed by atoms with van der Waals surface area (Å²) in [5.41, 5.74) is 1.52. The van der Waals surface area contributed by atoms with Crippen LogP contribution >= 0.6 is 11.6 Å². The zero-order valence-electron chi connectivity index (χ0n) is 10.1. The Morgan fingerprint density at radius 3 is 2.90 bits per heavy atom. The molecule has 1 aromatic carbocycles. The smallest absolute Gasteiger partial charge is 0.390 e. The molecule has 3 rings (SSSR count). The number of para-hydroxylation sites is 1. The Morgan fingerprint density at radius 2 is 2.15 bits per heavy atom. The van der Waals surface area contributed by atoms with Gasteiger partial charge < -0.3 is 10.1 Å². The Hall–Kier alpha value is -2.54. The Balaban J connectivity index is 1.97. The molecule has 0 fully saturated rings. The molecule has 20 heavy (non-hydrogen) atoms. The number of nitrogens with zero attached hydrogens (tertiary/aromatic N) is 5. The maximum atomic E-state index is 10.5. The summed E-state index contributed by atoms with van der Waals surface area (Å²) in [4.78, 5) is 17.8. The lowest BCUT2D eigenvalue weighted by Gasteiger charge is -2.04. The number of hydrogen-bond donors (Lipinski definition) is 0. The highest BCUT2D eigenvalue weighted by molar-refractivity contribution is 6.30. The summed E-state index contributed by atoms with van der Waals surface area (Å²) in [6.45, 7) is 0.275. The van der Waals surface area contributed by atoms with E-state index in [2.05, 4.69) is 15.1 Å². The fourth-order valence-corrected chi connectivity index (χ4v) is 2.07. The Bertz CT molecular complexity index is 801. The zero-order chi connectivity index (χ0) is 14.1. The molecule has 0 aliphatic heterocycles. The number of aromatic nitrogens is 4. The Morgan fingerprint density at radius 1 is 1.35 bits per heavy atom. The fraction of sp³-hybridized carbons (Fsp3) is 0.0833. The maximum absolute atomic E-state index is 10.5. The number of hydrogen-bond acceptors (Lipinski definition) is 5. The van der Waals surface area contributed by atoms with Crippen molar-refractivity contribution in [3.05, 3.63) is 57.5 Å². The van der Waals surface area contributed by atoms with Gasteiger partial charge in [0, 0.05) is 16.0 Å². The van der Waals surface area contributed by atoms with Crippen LogP contribution in [0.3, 0.4) is 0 Å². The second-order valence-corrected chi connectivity index (χ2v) is 4.49. The van der Waals surface area contributed by atoms with E-state index in [-0.39, 0.29) is 6.54 Å². The lowest BCUT2D eigenvalue weighted by molar-refractivity contribution is -0.394. The lowest BCUT2D eigenvalue weighted by atomic mass is 10.1. The van der Waals surface area contributed by atoms with Crippen LogP contribution in [0.2, 0.25) is 5.15 Å². The number of nitro groups is 1. The van der Waals surface area contributed by atoms with Gasteiger partial charge >= 0.3 is 5.95 Å². The van der Waals surface area contributed by atoms with Crippen LogP contribution in [-0.2, 0) is 6.54 Å². The molecular formula is C12H8ClN5O2. The van der Waals surface area contributed by atoms with E-state index in [1.54, 1.807) is 0 Å². The minimum atomic E-state index is -0.642. The van der Waals surface area contributed by atoms with Crippen LogP contribution in [0.1, 0.15) is 5.56 Å². The number of halogens is 1. The fourth-order valence-electron chi connectivity index (χ4n) is 1.87. The predicted octanol–water partition coefficient (Wildman–Crippen LogP) is 2.44. The maximum Gasteiger partial charge on any atom is 0.490 e. The van der Waals surface area contributed by atoms with Gasteiger partial charge in [-0.05, 0) is 17.1 Å². The van der Waals surface area contributed by atoms with Crippen molar-refractivity contribution >= 4 is 28.5 Å². The number of rotatable bonds is 3. The van der Waals surface area contributed by atoms with Gasteiger partial charge in [-0.2, -0.15) is 4.68 Å². The summed E-state index contributed by atoms with van der Waals surface area (Å²) < 4.78 is 1.36. The van der Waals surface area contributed by atoms with Gasteiger partial charge in [-0.25, -0.2) is 4.98 Å². The van der Waals surface area contributed by atoms with Crippen molar-refractivity contribution in [1.82, 2.24) is 19.7 Å². The molecule has 0 bridgehead atoms. The van der Waals surface area contributed by atoms with E-state index in [0.717, 1.165) is 16.5 Å². The molecule has 0 aliphatic rings. The molecule has 0 atom stereocenters. The molecule has 0 amide bonds. The minimum absolute atomic E-state index is 0.275. The molecule has 7 nitrogen and oxygen atoms in total. The van der Waals surface area contributed by atoms with E-state index in [1.807, 2.05) is 30.3 Å². The van der Waals surface area contributed by atoms with Crippen LogP contribution in [0, 0.1) is 10.1 Å². The van der Waals surface area contributed by atoms with Gasteiger partial charge in [0.25, 0.3) is 0 Å². The third-order valence-electron chi connectivity index (χ3n) is 2.77. The first-order valence-corrected chi connectivity index (χ1v) is 6.09. The highest BCUT2D eigenvalue weighted by Gasteiger charge is 2.14. The first kappa shape index (κ1) is 12.5. The molecule has 0 N–H and O–H groups in total. The van der Waals surface area contributed by atoms with Gasteiger partial charge in [0.05, 0.1) is 12.1 Å². The summed E-state index contributed by atoms with van der Waals surface area (Å²) in [6, 6.07) is 9.46. The largest absolute Gasteiger partial charge is 0.490 e. The van der Waals surface area contributed by atoms with Gasteiger partial charge in [-0.1, -0.05) is 34.8 Å². The highest BCUT2D eigenvalue weighted by atomic mass is 35.5. The topological polar surface area (TPSA) is 86.7 Å². The Kier molecular flexibility index (Phi) is 3.03. The molecule has 0 unspecified atom stereocenters. The van der Waals surface area contributed by atoms with Gasteiger partial charge in [-0.3, -0.25) is 0 Å². The highest BCUT2D eigenvalue weighted by Crippen LogP contribution is 2.21. The number of pyridine rings is 1. The third-order valence-corrected chi connectivity index (χ3v) is 3.10. The van der Waals surface area contributed by atoms with E-state index in [1.165, 1.54) is 11.0 Å². The average molecular weight is 290 g/mol. The Labute approximate surface area is 118 Å².